The minimum absolute atomic E-state index is 0.117. The van der Waals surface area contributed by atoms with Gasteiger partial charge in [0.25, 0.3) is 5.91 Å². The van der Waals surface area contributed by atoms with Gasteiger partial charge in [0.2, 0.25) is 5.91 Å². The third-order valence-corrected chi connectivity index (χ3v) is 8.02. The van der Waals surface area contributed by atoms with Crippen molar-refractivity contribution in [3.8, 4) is 5.75 Å². The molecular formula is C28H24Cl5N3O4. The molecule has 1 aliphatic rings. The molecule has 4 rings (SSSR count). The lowest BCUT2D eigenvalue weighted by atomic mass is 9.86. The number of rotatable bonds is 6. The summed E-state index contributed by atoms with van der Waals surface area (Å²) < 4.78 is 3.75. The van der Waals surface area contributed by atoms with Crippen LogP contribution in [-0.2, 0) is 10.2 Å². The molecule has 4 N–H and O–H groups in total. The Morgan fingerprint density at radius 3 is 2.08 bits per heavy atom. The molecule has 0 bridgehead atoms. The first kappa shape index (κ1) is 30.3. The summed E-state index contributed by atoms with van der Waals surface area (Å²) in [6, 6.07) is 14.2. The molecule has 3 amide bonds. The van der Waals surface area contributed by atoms with E-state index in [1.54, 1.807) is 42.5 Å². The SMILES string of the molecule is CC(C)(C)c1cc(NC(=O)c2cc(NC(=O)[C@H]3[C@H](c4cc(Cl)cc(Cl)c4)C3(Cl)Cl)ccc2Cl)ccc1OC(N)=O. The van der Waals surface area contributed by atoms with E-state index in [-0.39, 0.29) is 16.3 Å². The van der Waals surface area contributed by atoms with Gasteiger partial charge in [0, 0.05) is 32.9 Å². The molecule has 0 saturated heterocycles. The lowest BCUT2D eigenvalue weighted by Gasteiger charge is -2.23. The van der Waals surface area contributed by atoms with Gasteiger partial charge >= 0.3 is 6.09 Å². The van der Waals surface area contributed by atoms with Crippen molar-refractivity contribution in [1.29, 1.82) is 0 Å². The van der Waals surface area contributed by atoms with Crippen LogP contribution in [0.15, 0.2) is 54.6 Å². The van der Waals surface area contributed by atoms with E-state index in [0.29, 0.717) is 32.5 Å². The van der Waals surface area contributed by atoms with Crippen molar-refractivity contribution in [3.63, 3.8) is 0 Å². The molecule has 1 saturated carbocycles. The number of amides is 3. The zero-order valence-electron chi connectivity index (χ0n) is 21.5. The Bertz CT molecular complexity index is 1500. The van der Waals surface area contributed by atoms with Crippen LogP contribution < -0.4 is 21.1 Å². The lowest BCUT2D eigenvalue weighted by molar-refractivity contribution is -0.117. The number of halogens is 5. The number of hydrogen-bond acceptors (Lipinski definition) is 4. The van der Waals surface area contributed by atoms with Crippen LogP contribution in [0.1, 0.15) is 48.2 Å². The fourth-order valence-electron chi connectivity index (χ4n) is 4.41. The van der Waals surface area contributed by atoms with E-state index in [1.165, 1.54) is 12.1 Å². The quantitative estimate of drug-likeness (QED) is 0.235. The van der Waals surface area contributed by atoms with E-state index in [0.717, 1.165) is 0 Å². The maximum Gasteiger partial charge on any atom is 0.409 e. The average molecular weight is 644 g/mol. The summed E-state index contributed by atoms with van der Waals surface area (Å²) in [6.07, 6.45) is -0.942. The predicted octanol–water partition coefficient (Wildman–Crippen LogP) is 8.18. The highest BCUT2D eigenvalue weighted by molar-refractivity contribution is 6.53. The second kappa shape index (κ2) is 11.3. The van der Waals surface area contributed by atoms with Crippen molar-refractivity contribution in [2.45, 2.75) is 36.4 Å². The summed E-state index contributed by atoms with van der Waals surface area (Å²) in [5, 5.41) is 6.51. The summed E-state index contributed by atoms with van der Waals surface area (Å²) in [6.45, 7) is 5.77. The van der Waals surface area contributed by atoms with Gasteiger partial charge in [-0.3, -0.25) is 9.59 Å². The molecule has 7 nitrogen and oxygen atoms in total. The van der Waals surface area contributed by atoms with Gasteiger partial charge in [-0.15, -0.1) is 23.2 Å². The largest absolute Gasteiger partial charge is 0.410 e. The Morgan fingerprint density at radius 2 is 1.48 bits per heavy atom. The number of benzene rings is 3. The maximum absolute atomic E-state index is 13.2. The third-order valence-electron chi connectivity index (χ3n) is 6.31. The predicted molar refractivity (Wildman–Crippen MR) is 161 cm³/mol. The molecule has 3 aromatic rings. The molecule has 40 heavy (non-hydrogen) atoms. The topological polar surface area (TPSA) is 111 Å². The molecule has 0 spiro atoms. The molecule has 0 unspecified atom stereocenters. The van der Waals surface area contributed by atoms with Gasteiger partial charge in [-0.25, -0.2) is 4.79 Å². The van der Waals surface area contributed by atoms with Crippen molar-refractivity contribution < 1.29 is 19.1 Å². The van der Waals surface area contributed by atoms with Crippen LogP contribution in [-0.4, -0.2) is 22.2 Å². The molecule has 0 radical (unpaired) electrons. The zero-order valence-corrected chi connectivity index (χ0v) is 25.2. The third kappa shape index (κ3) is 6.61. The Hall–Kier alpha value is -2.68. The minimum atomic E-state index is -1.36. The summed E-state index contributed by atoms with van der Waals surface area (Å²) in [5.74, 6) is -1.99. The van der Waals surface area contributed by atoms with E-state index in [9.17, 15) is 14.4 Å². The van der Waals surface area contributed by atoms with Crippen LogP contribution in [0.3, 0.4) is 0 Å². The fourth-order valence-corrected chi connectivity index (χ4v) is 5.98. The summed E-state index contributed by atoms with van der Waals surface area (Å²) >= 11 is 31.4. The highest BCUT2D eigenvalue weighted by atomic mass is 35.5. The van der Waals surface area contributed by atoms with E-state index >= 15 is 0 Å². The van der Waals surface area contributed by atoms with Crippen molar-refractivity contribution in [2.24, 2.45) is 11.7 Å². The van der Waals surface area contributed by atoms with Crippen LogP contribution in [0.25, 0.3) is 0 Å². The lowest BCUT2D eigenvalue weighted by Crippen LogP contribution is -2.21. The van der Waals surface area contributed by atoms with Crippen LogP contribution in [0.5, 0.6) is 5.75 Å². The summed E-state index contributed by atoms with van der Waals surface area (Å²) in [5.41, 5.74) is 6.92. The van der Waals surface area contributed by atoms with Gasteiger partial charge in [0.15, 0.2) is 0 Å². The molecule has 1 aliphatic carbocycles. The van der Waals surface area contributed by atoms with Crippen molar-refractivity contribution in [2.75, 3.05) is 10.6 Å². The molecule has 210 valence electrons. The number of anilines is 2. The van der Waals surface area contributed by atoms with E-state index < -0.39 is 39.5 Å². The first-order valence-corrected chi connectivity index (χ1v) is 13.8. The van der Waals surface area contributed by atoms with Gasteiger partial charge in [-0.1, -0.05) is 55.6 Å². The summed E-state index contributed by atoms with van der Waals surface area (Å²) in [7, 11) is 0. The van der Waals surface area contributed by atoms with Gasteiger partial charge in [-0.05, 0) is 65.6 Å². The number of carbonyl (C=O) groups excluding carboxylic acids is 3. The normalized spacial score (nSPS) is 17.6. The van der Waals surface area contributed by atoms with Crippen LogP contribution in [0.2, 0.25) is 15.1 Å². The van der Waals surface area contributed by atoms with Gasteiger partial charge in [0.1, 0.15) is 10.1 Å². The highest BCUT2D eigenvalue weighted by Crippen LogP contribution is 2.65. The van der Waals surface area contributed by atoms with E-state index in [4.69, 9.17) is 68.5 Å². The first-order valence-electron chi connectivity index (χ1n) is 12.0. The number of nitrogens with two attached hydrogens (primary N) is 1. The zero-order chi connectivity index (χ0) is 29.6. The van der Waals surface area contributed by atoms with Gasteiger partial charge in [-0.2, -0.15) is 0 Å². The molecular weight excluding hydrogens is 620 g/mol. The second-order valence-corrected chi connectivity index (χ2v) is 13.1. The van der Waals surface area contributed by atoms with Crippen molar-refractivity contribution in [3.05, 3.63) is 86.4 Å². The Kier molecular flexibility index (Phi) is 8.56. The standard InChI is InChI=1S/C28H24Cl5N3O4/c1-27(2,3)19-12-17(5-7-21(19)40-26(34)39)35-24(37)18-11-16(4-6-20(18)31)36-25(38)23-22(28(23,32)33)13-8-14(29)10-15(30)9-13/h4-12,22-23H,1-3H3,(H2,34,39)(H,35,37)(H,36,38)/t22-,23+/m0/s1. The second-order valence-electron chi connectivity index (χ2n) is 10.4. The molecule has 1 fully saturated rings. The Labute approximate surface area is 256 Å². The first-order chi connectivity index (χ1) is 18.6. The van der Waals surface area contributed by atoms with E-state index in [2.05, 4.69) is 10.6 Å². The smallest absolute Gasteiger partial charge is 0.409 e. The van der Waals surface area contributed by atoms with Crippen LogP contribution in [0.4, 0.5) is 16.2 Å². The number of ether oxygens (including phenoxy) is 1. The van der Waals surface area contributed by atoms with E-state index in [1.807, 2.05) is 20.8 Å². The maximum atomic E-state index is 13.2. The molecule has 2 atom stereocenters. The van der Waals surface area contributed by atoms with Crippen LogP contribution >= 0.6 is 58.0 Å². The average Bonchev–Trinajstić information content (AvgIpc) is 3.41. The van der Waals surface area contributed by atoms with Gasteiger partial charge < -0.3 is 21.1 Å². The Balaban J connectivity index is 1.52. The minimum Gasteiger partial charge on any atom is -0.410 e. The van der Waals surface area contributed by atoms with Crippen molar-refractivity contribution >= 4 is 87.3 Å². The molecule has 12 heteroatoms. The number of hydrogen-bond donors (Lipinski definition) is 3. The van der Waals surface area contributed by atoms with Crippen LogP contribution in [0, 0.1) is 5.92 Å². The fraction of sp³-hybridized carbons (Fsp3) is 0.250. The number of primary amides is 1. The molecule has 0 heterocycles. The highest BCUT2D eigenvalue weighted by Gasteiger charge is 2.67. The summed E-state index contributed by atoms with van der Waals surface area (Å²) in [4.78, 5) is 37.6. The molecule has 0 aromatic heterocycles. The van der Waals surface area contributed by atoms with Gasteiger partial charge in [0.05, 0.1) is 16.5 Å². The number of nitrogens with one attached hydrogen (secondary N) is 2. The van der Waals surface area contributed by atoms with Crippen molar-refractivity contribution in [1.82, 2.24) is 0 Å². The molecule has 0 aliphatic heterocycles. The molecule has 3 aromatic carbocycles. The monoisotopic (exact) mass is 641 g/mol. The Morgan fingerprint density at radius 1 is 0.875 bits per heavy atom. The number of alkyl halides is 2. The number of carbonyl (C=O) groups is 3.